The molecule has 1 aromatic heterocycles. The molecule has 0 saturated heterocycles. The van der Waals surface area contributed by atoms with Gasteiger partial charge in [0.05, 0.1) is 0 Å². The fraction of sp³-hybridized carbons (Fsp3) is 0.267. The maximum atomic E-state index is 12.1. The van der Waals surface area contributed by atoms with Crippen LogP contribution >= 0.6 is 11.6 Å². The van der Waals surface area contributed by atoms with Crippen LogP contribution in [0.5, 0.6) is 0 Å². The molecule has 1 aromatic carbocycles. The number of carbonyl (C=O) groups is 1. The van der Waals surface area contributed by atoms with Gasteiger partial charge in [0.1, 0.15) is 5.69 Å². The maximum absolute atomic E-state index is 12.1. The molecule has 0 saturated carbocycles. The van der Waals surface area contributed by atoms with Crippen LogP contribution in [0.1, 0.15) is 29.4 Å². The van der Waals surface area contributed by atoms with Crippen LogP contribution in [0.3, 0.4) is 0 Å². The second-order valence-electron chi connectivity index (χ2n) is 4.50. The Morgan fingerprint density at radius 3 is 2.71 bits per heavy atom. The van der Waals surface area contributed by atoms with Crippen molar-refractivity contribution in [3.8, 4) is 0 Å². The zero-order valence-electron chi connectivity index (χ0n) is 11.8. The number of nitrogens with zero attached hydrogens (tertiary/aromatic N) is 2. The molecular formula is C15H17ClN4O. The van der Waals surface area contributed by atoms with Gasteiger partial charge in [0, 0.05) is 24.3 Å². The van der Waals surface area contributed by atoms with Gasteiger partial charge in [0.25, 0.3) is 5.91 Å². The third kappa shape index (κ3) is 4.72. The van der Waals surface area contributed by atoms with E-state index in [9.17, 15) is 4.79 Å². The number of carbonyl (C=O) groups excluding carboxylic acids is 1. The first-order chi connectivity index (χ1) is 10.2. The highest BCUT2D eigenvalue weighted by molar-refractivity contribution is 6.30. The Kier molecular flexibility index (Phi) is 5.51. The first-order valence-corrected chi connectivity index (χ1v) is 7.16. The van der Waals surface area contributed by atoms with Gasteiger partial charge in [-0.3, -0.25) is 4.79 Å². The molecule has 0 unspecified atom stereocenters. The molecular weight excluding hydrogens is 288 g/mol. The van der Waals surface area contributed by atoms with E-state index < -0.39 is 0 Å². The predicted molar refractivity (Wildman–Crippen MR) is 83.4 cm³/mol. The van der Waals surface area contributed by atoms with Crippen molar-refractivity contribution in [1.29, 1.82) is 0 Å². The van der Waals surface area contributed by atoms with E-state index in [0.717, 1.165) is 18.5 Å². The Hall–Kier alpha value is -2.14. The van der Waals surface area contributed by atoms with Gasteiger partial charge in [-0.25, -0.2) is 9.97 Å². The van der Waals surface area contributed by atoms with Crippen molar-refractivity contribution in [3.63, 3.8) is 0 Å². The average molecular weight is 305 g/mol. The predicted octanol–water partition coefficient (Wildman–Crippen LogP) is 2.88. The highest BCUT2D eigenvalue weighted by Gasteiger charge is 2.08. The SMILES string of the molecule is CCCNc1nccc(C(=O)NCc2ccc(Cl)cc2)n1. The summed E-state index contributed by atoms with van der Waals surface area (Å²) in [5, 5.41) is 6.54. The van der Waals surface area contributed by atoms with Crippen LogP contribution in [-0.4, -0.2) is 22.4 Å². The molecule has 2 aromatic rings. The topological polar surface area (TPSA) is 66.9 Å². The summed E-state index contributed by atoms with van der Waals surface area (Å²) >= 11 is 5.82. The summed E-state index contributed by atoms with van der Waals surface area (Å²) in [7, 11) is 0. The van der Waals surface area contributed by atoms with Gasteiger partial charge in [-0.1, -0.05) is 30.7 Å². The molecule has 0 radical (unpaired) electrons. The number of hydrogen-bond donors (Lipinski definition) is 2. The van der Waals surface area contributed by atoms with E-state index in [-0.39, 0.29) is 5.91 Å². The summed E-state index contributed by atoms with van der Waals surface area (Å²) in [5.41, 5.74) is 1.32. The second-order valence-corrected chi connectivity index (χ2v) is 4.94. The van der Waals surface area contributed by atoms with Crippen molar-refractivity contribution in [2.75, 3.05) is 11.9 Å². The number of nitrogens with one attached hydrogen (secondary N) is 2. The first-order valence-electron chi connectivity index (χ1n) is 6.78. The van der Waals surface area contributed by atoms with Crippen LogP contribution in [0, 0.1) is 0 Å². The van der Waals surface area contributed by atoms with Crippen LogP contribution < -0.4 is 10.6 Å². The fourth-order valence-corrected chi connectivity index (χ4v) is 1.81. The van der Waals surface area contributed by atoms with Gasteiger partial charge in [0.2, 0.25) is 5.95 Å². The molecule has 6 heteroatoms. The molecule has 5 nitrogen and oxygen atoms in total. The molecule has 110 valence electrons. The summed E-state index contributed by atoms with van der Waals surface area (Å²) in [4.78, 5) is 20.3. The van der Waals surface area contributed by atoms with Crippen molar-refractivity contribution in [1.82, 2.24) is 15.3 Å². The minimum Gasteiger partial charge on any atom is -0.354 e. The van der Waals surface area contributed by atoms with Crippen LogP contribution in [-0.2, 0) is 6.54 Å². The molecule has 0 aliphatic carbocycles. The maximum Gasteiger partial charge on any atom is 0.270 e. The number of amides is 1. The lowest BCUT2D eigenvalue weighted by Crippen LogP contribution is -2.24. The smallest absolute Gasteiger partial charge is 0.270 e. The van der Waals surface area contributed by atoms with Crippen LogP contribution in [0.2, 0.25) is 5.02 Å². The molecule has 0 aliphatic heterocycles. The molecule has 1 heterocycles. The average Bonchev–Trinajstić information content (AvgIpc) is 2.52. The highest BCUT2D eigenvalue weighted by Crippen LogP contribution is 2.09. The van der Waals surface area contributed by atoms with Crippen LogP contribution in [0.25, 0.3) is 0 Å². The molecule has 1 amide bonds. The lowest BCUT2D eigenvalue weighted by atomic mass is 10.2. The standard InChI is InChI=1S/C15H17ClN4O/c1-2-8-17-15-18-9-7-13(20-15)14(21)19-10-11-3-5-12(16)6-4-11/h3-7,9H,2,8,10H2,1H3,(H,19,21)(H,17,18,20). The zero-order chi connectivity index (χ0) is 15.1. The summed E-state index contributed by atoms with van der Waals surface area (Å²) < 4.78 is 0. The Balaban J connectivity index is 1.95. The van der Waals surface area contributed by atoms with E-state index in [4.69, 9.17) is 11.6 Å². The molecule has 0 spiro atoms. The third-order valence-electron chi connectivity index (χ3n) is 2.79. The minimum absolute atomic E-state index is 0.230. The second kappa shape index (κ2) is 7.59. The number of aromatic nitrogens is 2. The Labute approximate surface area is 128 Å². The number of hydrogen-bond acceptors (Lipinski definition) is 4. The molecule has 2 rings (SSSR count). The molecule has 0 atom stereocenters. The normalized spacial score (nSPS) is 10.2. The van der Waals surface area contributed by atoms with Crippen LogP contribution in [0.15, 0.2) is 36.5 Å². The molecule has 0 bridgehead atoms. The van der Waals surface area contributed by atoms with E-state index in [1.165, 1.54) is 0 Å². The van der Waals surface area contributed by atoms with E-state index >= 15 is 0 Å². The van der Waals surface area contributed by atoms with Crippen molar-refractivity contribution in [2.45, 2.75) is 19.9 Å². The van der Waals surface area contributed by atoms with E-state index in [2.05, 4.69) is 27.5 Å². The Morgan fingerprint density at radius 1 is 1.24 bits per heavy atom. The van der Waals surface area contributed by atoms with Gasteiger partial charge >= 0.3 is 0 Å². The Bertz CT molecular complexity index is 601. The summed E-state index contributed by atoms with van der Waals surface area (Å²) in [5.74, 6) is 0.239. The van der Waals surface area contributed by atoms with Crippen LogP contribution in [0.4, 0.5) is 5.95 Å². The van der Waals surface area contributed by atoms with Crippen molar-refractivity contribution >= 4 is 23.5 Å². The quantitative estimate of drug-likeness (QED) is 0.861. The van der Waals surface area contributed by atoms with Gasteiger partial charge in [-0.2, -0.15) is 0 Å². The number of rotatable bonds is 6. The molecule has 2 N–H and O–H groups in total. The number of benzene rings is 1. The lowest BCUT2D eigenvalue weighted by Gasteiger charge is -2.07. The van der Waals surface area contributed by atoms with E-state index in [0.29, 0.717) is 23.2 Å². The number of anilines is 1. The zero-order valence-corrected chi connectivity index (χ0v) is 12.5. The summed E-state index contributed by atoms with van der Waals surface area (Å²) in [6.07, 6.45) is 2.54. The van der Waals surface area contributed by atoms with Crippen molar-refractivity contribution in [3.05, 3.63) is 52.8 Å². The van der Waals surface area contributed by atoms with Gasteiger partial charge in [0.15, 0.2) is 0 Å². The fourth-order valence-electron chi connectivity index (χ4n) is 1.68. The number of halogens is 1. The lowest BCUT2D eigenvalue weighted by molar-refractivity contribution is 0.0946. The molecule has 21 heavy (non-hydrogen) atoms. The van der Waals surface area contributed by atoms with Crippen molar-refractivity contribution < 1.29 is 4.79 Å². The largest absolute Gasteiger partial charge is 0.354 e. The monoisotopic (exact) mass is 304 g/mol. The summed E-state index contributed by atoms with van der Waals surface area (Å²) in [6, 6.07) is 8.92. The van der Waals surface area contributed by atoms with Gasteiger partial charge in [-0.05, 0) is 30.2 Å². The highest BCUT2D eigenvalue weighted by atomic mass is 35.5. The van der Waals surface area contributed by atoms with Gasteiger partial charge < -0.3 is 10.6 Å². The first kappa shape index (κ1) is 15.3. The van der Waals surface area contributed by atoms with E-state index in [1.807, 2.05) is 12.1 Å². The molecule has 0 aliphatic rings. The van der Waals surface area contributed by atoms with Gasteiger partial charge in [-0.15, -0.1) is 0 Å². The Morgan fingerprint density at radius 2 is 2.00 bits per heavy atom. The summed E-state index contributed by atoms with van der Waals surface area (Å²) in [6.45, 7) is 3.25. The van der Waals surface area contributed by atoms with Crippen molar-refractivity contribution in [2.24, 2.45) is 0 Å². The third-order valence-corrected chi connectivity index (χ3v) is 3.04. The minimum atomic E-state index is -0.230. The molecule has 0 fully saturated rings. The van der Waals surface area contributed by atoms with E-state index in [1.54, 1.807) is 24.4 Å².